The van der Waals surface area contributed by atoms with Gasteiger partial charge < -0.3 is 0 Å². The van der Waals surface area contributed by atoms with Crippen molar-refractivity contribution in [1.29, 1.82) is 0 Å². The van der Waals surface area contributed by atoms with E-state index in [1.807, 2.05) is 103 Å². The van der Waals surface area contributed by atoms with Gasteiger partial charge in [0.1, 0.15) is 0 Å². The average molecular weight is 843 g/mol. The first-order chi connectivity index (χ1) is 32.6. The van der Waals surface area contributed by atoms with Gasteiger partial charge in [-0.3, -0.25) is 9.13 Å². The van der Waals surface area contributed by atoms with Crippen LogP contribution >= 0.6 is 0 Å². The molecule has 0 aliphatic carbocycles. The summed E-state index contributed by atoms with van der Waals surface area (Å²) >= 11 is 0. The molecule has 306 valence electrons. The molecule has 0 atom stereocenters. The summed E-state index contributed by atoms with van der Waals surface area (Å²) in [5.41, 5.74) is 13.8. The number of para-hydroxylation sites is 2. The van der Waals surface area contributed by atoms with Crippen molar-refractivity contribution in [2.75, 3.05) is 0 Å². The van der Waals surface area contributed by atoms with Crippen LogP contribution in [0.5, 0.6) is 0 Å². The molecule has 66 heavy (non-hydrogen) atoms. The molecule has 0 fully saturated rings. The fourth-order valence-electron chi connectivity index (χ4n) is 9.08. The van der Waals surface area contributed by atoms with E-state index < -0.39 is 0 Å². The highest BCUT2D eigenvalue weighted by Gasteiger charge is 2.21. The molecule has 0 bridgehead atoms. The number of rotatable bonds is 7. The molecule has 0 amide bonds. The van der Waals surface area contributed by atoms with Gasteiger partial charge in [0.05, 0.1) is 58.0 Å². The van der Waals surface area contributed by atoms with E-state index in [0.29, 0.717) is 23.3 Å². The maximum Gasteiger partial charge on any atom is 0.235 e. The van der Waals surface area contributed by atoms with Gasteiger partial charge in [0.2, 0.25) is 11.9 Å². The summed E-state index contributed by atoms with van der Waals surface area (Å²) in [7, 11) is 0. The standard InChI is InChI=1S/C58H34N8/c1-59-43-21-13-19-41(31-43)51-35-49(37-15-5-3-6-16-37)61-57(63-51)65-54-26-12-10-24-46(54)48-33-39(28-30-55(48)65)40-27-29-47-45-23-9-11-25-53(45)66(56(47)34-40)58-62-50(38-17-7-4-8-18-38)36-52(64-58)42-20-14-22-44(32-42)60-2/h3-36H. The SMILES string of the molecule is [C-]#[N+]c1cccc(-c2cc(-c3ccccc3)nc(-n3c4ccccc4c4cc(-c5ccc6c7ccccc7n(-c7nc(-c8ccccc8)cc(-c8cccc([N+]#[C-])c8)n7)c6c5)ccc43)n2)c1. The molecule has 8 nitrogen and oxygen atoms in total. The second-order valence-electron chi connectivity index (χ2n) is 16.1. The molecule has 8 heteroatoms. The average Bonchev–Trinajstić information content (AvgIpc) is 3.91. The number of benzene rings is 8. The van der Waals surface area contributed by atoms with Gasteiger partial charge in [-0.05, 0) is 76.9 Å². The molecule has 0 saturated carbocycles. The number of hydrogen-bond acceptors (Lipinski definition) is 4. The lowest BCUT2D eigenvalue weighted by molar-refractivity contribution is 0.996. The van der Waals surface area contributed by atoms with E-state index in [4.69, 9.17) is 33.1 Å². The third kappa shape index (κ3) is 6.54. The molecule has 0 N–H and O–H groups in total. The Kier molecular flexibility index (Phi) is 9.08. The third-order valence-electron chi connectivity index (χ3n) is 12.2. The van der Waals surface area contributed by atoms with Crippen LogP contribution in [0.25, 0.3) is 121 Å². The van der Waals surface area contributed by atoms with Gasteiger partial charge >= 0.3 is 0 Å². The molecule has 0 spiro atoms. The largest absolute Gasteiger partial charge is 0.278 e. The van der Waals surface area contributed by atoms with Crippen LogP contribution in [0.1, 0.15) is 0 Å². The second kappa shape index (κ2) is 15.7. The number of fused-ring (bicyclic) bond motifs is 6. The second-order valence-corrected chi connectivity index (χ2v) is 16.1. The monoisotopic (exact) mass is 842 g/mol. The highest BCUT2D eigenvalue weighted by Crippen LogP contribution is 2.39. The van der Waals surface area contributed by atoms with E-state index in [-0.39, 0.29) is 0 Å². The zero-order chi connectivity index (χ0) is 44.1. The van der Waals surface area contributed by atoms with Crippen molar-refractivity contribution in [2.45, 2.75) is 0 Å². The highest BCUT2D eigenvalue weighted by atomic mass is 15.2. The number of nitrogens with zero attached hydrogens (tertiary/aromatic N) is 8. The van der Waals surface area contributed by atoms with E-state index in [0.717, 1.165) is 99.8 Å². The topological polar surface area (TPSA) is 70.1 Å². The predicted octanol–water partition coefficient (Wildman–Crippen LogP) is 14.9. The fraction of sp³-hybridized carbons (Fsp3) is 0. The van der Waals surface area contributed by atoms with E-state index >= 15 is 0 Å². The minimum Gasteiger partial charge on any atom is -0.278 e. The minimum atomic E-state index is 0.541. The molecule has 0 aliphatic rings. The smallest absolute Gasteiger partial charge is 0.235 e. The Balaban J connectivity index is 1.05. The Morgan fingerprint density at radius 3 is 1.24 bits per heavy atom. The third-order valence-corrected chi connectivity index (χ3v) is 12.2. The van der Waals surface area contributed by atoms with Crippen molar-refractivity contribution in [3.8, 4) is 68.1 Å². The first kappa shape index (κ1) is 38.2. The summed E-state index contributed by atoms with van der Waals surface area (Å²) in [6, 6.07) is 69.5. The highest BCUT2D eigenvalue weighted by molar-refractivity contribution is 6.12. The Hall–Kier alpha value is -9.50. The summed E-state index contributed by atoms with van der Waals surface area (Å²) in [5, 5.41) is 4.33. The van der Waals surface area contributed by atoms with Crippen LogP contribution in [-0.4, -0.2) is 29.1 Å². The lowest BCUT2D eigenvalue weighted by Crippen LogP contribution is -2.04. The summed E-state index contributed by atoms with van der Waals surface area (Å²) in [5.74, 6) is 1.08. The van der Waals surface area contributed by atoms with Crippen molar-refractivity contribution >= 4 is 55.0 Å². The van der Waals surface area contributed by atoms with Crippen molar-refractivity contribution < 1.29 is 0 Å². The molecule has 12 aromatic rings. The van der Waals surface area contributed by atoms with Crippen molar-refractivity contribution in [3.05, 3.63) is 229 Å². The van der Waals surface area contributed by atoms with E-state index in [9.17, 15) is 0 Å². The normalized spacial score (nSPS) is 11.3. The van der Waals surface area contributed by atoms with Crippen molar-refractivity contribution in [3.63, 3.8) is 0 Å². The molecule has 0 radical (unpaired) electrons. The zero-order valence-corrected chi connectivity index (χ0v) is 35.2. The molecule has 4 aromatic heterocycles. The Bertz CT molecular complexity index is 3970. The van der Waals surface area contributed by atoms with Crippen LogP contribution in [0.15, 0.2) is 206 Å². The molecule has 8 aromatic carbocycles. The van der Waals surface area contributed by atoms with Crippen molar-refractivity contribution in [1.82, 2.24) is 29.1 Å². The van der Waals surface area contributed by atoms with Crippen LogP contribution in [0.2, 0.25) is 0 Å². The molecule has 0 aliphatic heterocycles. The molecule has 4 heterocycles. The Morgan fingerprint density at radius 1 is 0.288 bits per heavy atom. The predicted molar refractivity (Wildman–Crippen MR) is 266 cm³/mol. The van der Waals surface area contributed by atoms with E-state index in [2.05, 4.69) is 122 Å². The van der Waals surface area contributed by atoms with Gasteiger partial charge in [-0.1, -0.05) is 152 Å². The van der Waals surface area contributed by atoms with Crippen molar-refractivity contribution in [2.24, 2.45) is 0 Å². The maximum absolute atomic E-state index is 7.69. The molecular formula is C58H34N8. The number of hydrogen-bond donors (Lipinski definition) is 0. The summed E-state index contributed by atoms with van der Waals surface area (Å²) < 4.78 is 4.31. The summed E-state index contributed by atoms with van der Waals surface area (Å²) in [4.78, 5) is 28.3. The lowest BCUT2D eigenvalue weighted by Gasteiger charge is -2.13. The van der Waals surface area contributed by atoms with Gasteiger partial charge in [-0.2, -0.15) is 0 Å². The van der Waals surface area contributed by atoms with Crippen LogP contribution in [-0.2, 0) is 0 Å². The Morgan fingerprint density at radius 2 is 0.697 bits per heavy atom. The minimum absolute atomic E-state index is 0.541. The molecule has 0 saturated heterocycles. The van der Waals surface area contributed by atoms with Crippen LogP contribution in [0, 0.1) is 13.1 Å². The van der Waals surface area contributed by atoms with Crippen LogP contribution in [0.3, 0.4) is 0 Å². The van der Waals surface area contributed by atoms with Gasteiger partial charge in [0.25, 0.3) is 0 Å². The van der Waals surface area contributed by atoms with E-state index in [1.54, 1.807) is 0 Å². The molecular weight excluding hydrogens is 809 g/mol. The maximum atomic E-state index is 7.69. The van der Waals surface area contributed by atoms with Gasteiger partial charge in [-0.15, -0.1) is 0 Å². The summed E-state index contributed by atoms with van der Waals surface area (Å²) in [6.45, 7) is 15.4. The fourth-order valence-corrected chi connectivity index (χ4v) is 9.08. The lowest BCUT2D eigenvalue weighted by atomic mass is 10.0. The van der Waals surface area contributed by atoms with Gasteiger partial charge in [-0.25, -0.2) is 29.6 Å². The molecule has 12 rings (SSSR count). The van der Waals surface area contributed by atoms with Crippen LogP contribution < -0.4 is 0 Å². The zero-order valence-electron chi connectivity index (χ0n) is 35.2. The van der Waals surface area contributed by atoms with Crippen LogP contribution in [0.4, 0.5) is 11.4 Å². The Labute approximate surface area is 379 Å². The number of aromatic nitrogens is 6. The van der Waals surface area contributed by atoms with Gasteiger partial charge in [0.15, 0.2) is 11.4 Å². The first-order valence-corrected chi connectivity index (χ1v) is 21.5. The van der Waals surface area contributed by atoms with E-state index in [1.165, 1.54) is 0 Å². The van der Waals surface area contributed by atoms with Gasteiger partial charge in [0, 0.05) is 32.7 Å². The first-order valence-electron chi connectivity index (χ1n) is 21.5. The quantitative estimate of drug-likeness (QED) is 0.150. The summed E-state index contributed by atoms with van der Waals surface area (Å²) in [6.07, 6.45) is 0. The molecule has 0 unspecified atom stereocenters.